The van der Waals surface area contributed by atoms with Gasteiger partial charge in [-0.05, 0) is 32.8 Å². The van der Waals surface area contributed by atoms with Gasteiger partial charge in [0.15, 0.2) is 11.4 Å². The first-order valence-corrected chi connectivity index (χ1v) is 9.80. The van der Waals surface area contributed by atoms with Crippen LogP contribution in [-0.4, -0.2) is 50.1 Å². The van der Waals surface area contributed by atoms with E-state index < -0.39 is 29.3 Å². The van der Waals surface area contributed by atoms with Gasteiger partial charge in [-0.25, -0.2) is 19.6 Å². The average molecular weight is 429 g/mol. The number of carbonyl (C=O) groups excluding carboxylic acids is 2. The van der Waals surface area contributed by atoms with Crippen molar-refractivity contribution < 1.29 is 24.2 Å². The molecule has 0 saturated carbocycles. The van der Waals surface area contributed by atoms with E-state index >= 15 is 0 Å². The van der Waals surface area contributed by atoms with Crippen LogP contribution in [0.25, 0.3) is 0 Å². The highest BCUT2D eigenvalue weighted by Gasteiger charge is 2.30. The molecule has 3 rings (SSSR count). The fourth-order valence-electron chi connectivity index (χ4n) is 2.92. The molecule has 3 heterocycles. The number of amides is 2. The van der Waals surface area contributed by atoms with E-state index in [9.17, 15) is 24.8 Å². The van der Waals surface area contributed by atoms with Gasteiger partial charge in [0.2, 0.25) is 0 Å². The predicted molar refractivity (Wildman–Crippen MR) is 106 cm³/mol. The SMILES string of the molecule is CC(C)(C)OC(=O)N1CCc2c(sc(NC(=O)c3nccnc3C(=O)O)c2C#N)C1. The van der Waals surface area contributed by atoms with Crippen LogP contribution in [0.15, 0.2) is 12.4 Å². The number of nitrogens with one attached hydrogen (secondary N) is 1. The van der Waals surface area contributed by atoms with Crippen molar-refractivity contribution in [2.45, 2.75) is 39.3 Å². The second-order valence-electron chi connectivity index (χ2n) is 7.48. The minimum Gasteiger partial charge on any atom is -0.476 e. The van der Waals surface area contributed by atoms with Crippen LogP contribution in [-0.2, 0) is 17.7 Å². The molecular formula is C19H19N5O5S. The summed E-state index contributed by atoms with van der Waals surface area (Å²) in [6.45, 7) is 5.99. The fraction of sp³-hybridized carbons (Fsp3) is 0.368. The Morgan fingerprint density at radius 2 is 1.93 bits per heavy atom. The smallest absolute Gasteiger partial charge is 0.410 e. The Labute approximate surface area is 176 Å². The molecule has 10 nitrogen and oxygen atoms in total. The molecule has 0 unspecified atom stereocenters. The Balaban J connectivity index is 1.84. The van der Waals surface area contributed by atoms with Gasteiger partial charge in [0, 0.05) is 23.8 Å². The van der Waals surface area contributed by atoms with Crippen molar-refractivity contribution in [1.29, 1.82) is 5.26 Å². The van der Waals surface area contributed by atoms with E-state index in [4.69, 9.17) is 4.74 Å². The molecule has 0 atom stereocenters. The van der Waals surface area contributed by atoms with Gasteiger partial charge in [-0.3, -0.25) is 4.79 Å². The van der Waals surface area contributed by atoms with Gasteiger partial charge in [0.05, 0.1) is 12.1 Å². The number of fused-ring (bicyclic) bond motifs is 1. The summed E-state index contributed by atoms with van der Waals surface area (Å²) >= 11 is 1.16. The van der Waals surface area contributed by atoms with Crippen molar-refractivity contribution in [3.63, 3.8) is 0 Å². The van der Waals surface area contributed by atoms with Gasteiger partial charge in [0.1, 0.15) is 16.7 Å². The summed E-state index contributed by atoms with van der Waals surface area (Å²) in [6, 6.07) is 2.09. The van der Waals surface area contributed by atoms with E-state index in [1.54, 1.807) is 25.7 Å². The number of hydrogen-bond acceptors (Lipinski definition) is 8. The van der Waals surface area contributed by atoms with Gasteiger partial charge in [0.25, 0.3) is 5.91 Å². The topological polar surface area (TPSA) is 146 Å². The number of ether oxygens (including phenoxy) is 1. The molecule has 1 aliphatic heterocycles. The van der Waals surface area contributed by atoms with Crippen LogP contribution in [0.2, 0.25) is 0 Å². The maximum Gasteiger partial charge on any atom is 0.410 e. The average Bonchev–Trinajstić information content (AvgIpc) is 3.02. The summed E-state index contributed by atoms with van der Waals surface area (Å²) in [5.41, 5.74) is -0.396. The summed E-state index contributed by atoms with van der Waals surface area (Å²) in [7, 11) is 0. The van der Waals surface area contributed by atoms with Crippen molar-refractivity contribution in [3.05, 3.63) is 39.8 Å². The number of nitrogens with zero attached hydrogens (tertiary/aromatic N) is 4. The Morgan fingerprint density at radius 3 is 2.53 bits per heavy atom. The highest BCUT2D eigenvalue weighted by molar-refractivity contribution is 7.16. The van der Waals surface area contributed by atoms with E-state index in [1.165, 1.54) is 12.4 Å². The third-order valence-corrected chi connectivity index (χ3v) is 5.30. The lowest BCUT2D eigenvalue weighted by Crippen LogP contribution is -2.39. The van der Waals surface area contributed by atoms with Crippen LogP contribution in [0.1, 0.15) is 57.8 Å². The zero-order valence-electron chi connectivity index (χ0n) is 16.6. The number of rotatable bonds is 3. The van der Waals surface area contributed by atoms with Crippen molar-refractivity contribution in [3.8, 4) is 6.07 Å². The molecule has 2 amide bonds. The number of nitriles is 1. The highest BCUT2D eigenvalue weighted by atomic mass is 32.1. The number of anilines is 1. The monoisotopic (exact) mass is 429 g/mol. The maximum atomic E-state index is 12.6. The maximum absolute atomic E-state index is 12.6. The van der Waals surface area contributed by atoms with Crippen LogP contribution >= 0.6 is 11.3 Å². The molecule has 1 aliphatic rings. The fourth-order valence-corrected chi connectivity index (χ4v) is 4.12. The summed E-state index contributed by atoms with van der Waals surface area (Å²) < 4.78 is 5.40. The molecule has 0 bridgehead atoms. The van der Waals surface area contributed by atoms with Crippen LogP contribution in [0.3, 0.4) is 0 Å². The van der Waals surface area contributed by atoms with Crippen LogP contribution in [0.4, 0.5) is 9.80 Å². The Kier molecular flexibility index (Phi) is 5.71. The van der Waals surface area contributed by atoms with Gasteiger partial charge in [-0.2, -0.15) is 5.26 Å². The first kappa shape index (κ1) is 21.2. The van der Waals surface area contributed by atoms with Gasteiger partial charge < -0.3 is 20.1 Å². The van der Waals surface area contributed by atoms with Crippen molar-refractivity contribution in [2.24, 2.45) is 0 Å². The van der Waals surface area contributed by atoms with Gasteiger partial charge >= 0.3 is 12.1 Å². The van der Waals surface area contributed by atoms with Crippen molar-refractivity contribution in [2.75, 3.05) is 11.9 Å². The molecular weight excluding hydrogens is 410 g/mol. The Morgan fingerprint density at radius 1 is 1.27 bits per heavy atom. The normalized spacial score (nSPS) is 13.2. The second kappa shape index (κ2) is 8.08. The zero-order chi connectivity index (χ0) is 22.1. The van der Waals surface area contributed by atoms with Gasteiger partial charge in [-0.1, -0.05) is 0 Å². The number of carbonyl (C=O) groups is 3. The largest absolute Gasteiger partial charge is 0.476 e. The summed E-state index contributed by atoms with van der Waals surface area (Å²) in [4.78, 5) is 46.0. The van der Waals surface area contributed by atoms with E-state index in [0.717, 1.165) is 21.8 Å². The minimum absolute atomic E-state index is 0.255. The van der Waals surface area contributed by atoms with Crippen molar-refractivity contribution in [1.82, 2.24) is 14.9 Å². The first-order valence-electron chi connectivity index (χ1n) is 8.99. The molecule has 2 N–H and O–H groups in total. The second-order valence-corrected chi connectivity index (χ2v) is 8.59. The van der Waals surface area contributed by atoms with Crippen molar-refractivity contribution >= 4 is 34.3 Å². The number of aromatic nitrogens is 2. The first-order chi connectivity index (χ1) is 14.1. The molecule has 11 heteroatoms. The lowest BCUT2D eigenvalue weighted by Gasteiger charge is -2.29. The standard InChI is InChI=1S/C19H19N5O5S/c1-19(2,3)29-18(28)24-7-4-10-11(8-20)16(30-12(10)9-24)23-15(25)13-14(17(26)27)22-6-5-21-13/h5-6H,4,7,9H2,1-3H3,(H,23,25)(H,26,27). The van der Waals surface area contributed by atoms with Gasteiger partial charge in [-0.15, -0.1) is 11.3 Å². The third kappa shape index (κ3) is 4.38. The molecule has 156 valence electrons. The summed E-state index contributed by atoms with van der Waals surface area (Å²) in [5, 5.41) is 21.6. The van der Waals surface area contributed by atoms with E-state index in [2.05, 4.69) is 21.4 Å². The molecule has 2 aromatic heterocycles. The molecule has 0 radical (unpaired) electrons. The van der Waals surface area contributed by atoms with Crippen LogP contribution in [0.5, 0.6) is 0 Å². The lowest BCUT2D eigenvalue weighted by atomic mass is 10.0. The highest BCUT2D eigenvalue weighted by Crippen LogP contribution is 2.37. The number of carboxylic acids is 1. The van der Waals surface area contributed by atoms with Crippen LogP contribution in [0, 0.1) is 11.3 Å². The molecule has 0 aliphatic carbocycles. The molecule has 2 aromatic rings. The molecule has 0 fully saturated rings. The quantitative estimate of drug-likeness (QED) is 0.757. The van der Waals surface area contributed by atoms with E-state index in [0.29, 0.717) is 18.5 Å². The predicted octanol–water partition coefficient (Wildman–Crippen LogP) is 2.65. The lowest BCUT2D eigenvalue weighted by molar-refractivity contribution is 0.0226. The number of carboxylic acid groups (broad SMARTS) is 1. The van der Waals surface area contributed by atoms with E-state index in [1.807, 2.05) is 0 Å². The third-order valence-electron chi connectivity index (χ3n) is 4.16. The number of aromatic carboxylic acids is 1. The molecule has 0 aromatic carbocycles. The molecule has 30 heavy (non-hydrogen) atoms. The molecule has 0 spiro atoms. The zero-order valence-corrected chi connectivity index (χ0v) is 17.4. The number of thiophene rings is 1. The van der Waals surface area contributed by atoms with E-state index in [-0.39, 0.29) is 17.2 Å². The minimum atomic E-state index is -1.38. The number of hydrogen-bond donors (Lipinski definition) is 2. The summed E-state index contributed by atoms with van der Waals surface area (Å²) in [6.07, 6.45) is 2.38. The molecule has 0 saturated heterocycles. The Hall–Kier alpha value is -3.52. The Bertz CT molecular complexity index is 1070. The summed E-state index contributed by atoms with van der Waals surface area (Å²) in [5.74, 6) is -2.16. The van der Waals surface area contributed by atoms with Crippen LogP contribution < -0.4 is 5.32 Å².